The van der Waals surface area contributed by atoms with Crippen LogP contribution in [-0.2, 0) is 23.0 Å². The lowest BCUT2D eigenvalue weighted by Crippen LogP contribution is -2.33. The highest BCUT2D eigenvalue weighted by atomic mass is 32.2. The first-order valence-corrected chi connectivity index (χ1v) is 11.7. The third kappa shape index (κ3) is 5.72. The highest BCUT2D eigenvalue weighted by Gasteiger charge is 2.18. The Balaban J connectivity index is 1.53. The van der Waals surface area contributed by atoms with Crippen molar-refractivity contribution in [3.05, 3.63) is 53.6 Å². The lowest BCUT2D eigenvalue weighted by Gasteiger charge is -2.28. The predicted molar refractivity (Wildman–Crippen MR) is 114 cm³/mol. The zero-order valence-electron chi connectivity index (χ0n) is 17.2. The van der Waals surface area contributed by atoms with E-state index in [1.54, 1.807) is 12.1 Å². The predicted octanol–water partition coefficient (Wildman–Crippen LogP) is 3.21. The minimum atomic E-state index is -3.59. The number of benzene rings is 2. The van der Waals surface area contributed by atoms with Gasteiger partial charge in [-0.1, -0.05) is 24.3 Å². The summed E-state index contributed by atoms with van der Waals surface area (Å²) in [5.74, 6) is 1.00. The van der Waals surface area contributed by atoms with Crippen molar-refractivity contribution in [1.82, 2.24) is 9.62 Å². The van der Waals surface area contributed by atoms with Crippen LogP contribution in [0.1, 0.15) is 31.4 Å². The number of hydrogen-bond donors (Lipinski definition) is 1. The van der Waals surface area contributed by atoms with Gasteiger partial charge < -0.3 is 9.47 Å². The van der Waals surface area contributed by atoms with Crippen molar-refractivity contribution in [1.29, 1.82) is 0 Å². The van der Waals surface area contributed by atoms with Gasteiger partial charge in [0.2, 0.25) is 10.0 Å². The summed E-state index contributed by atoms with van der Waals surface area (Å²) >= 11 is 0. The van der Waals surface area contributed by atoms with Crippen LogP contribution >= 0.6 is 0 Å². The molecule has 1 N–H and O–H groups in total. The highest BCUT2D eigenvalue weighted by molar-refractivity contribution is 7.89. The van der Waals surface area contributed by atoms with Crippen LogP contribution in [-0.4, -0.2) is 46.2 Å². The smallest absolute Gasteiger partial charge is 0.240 e. The van der Waals surface area contributed by atoms with Crippen molar-refractivity contribution in [3.63, 3.8) is 0 Å². The van der Waals surface area contributed by atoms with E-state index in [4.69, 9.17) is 9.47 Å². The maximum absolute atomic E-state index is 12.7. The number of sulfonamides is 1. The second-order valence-electron chi connectivity index (χ2n) is 7.02. The van der Waals surface area contributed by atoms with E-state index in [2.05, 4.69) is 33.9 Å². The minimum Gasteiger partial charge on any atom is -0.490 e. The van der Waals surface area contributed by atoms with Gasteiger partial charge in [0.25, 0.3) is 0 Å². The Labute approximate surface area is 173 Å². The topological polar surface area (TPSA) is 67.9 Å². The average Bonchev–Trinajstić information content (AvgIpc) is 2.72. The van der Waals surface area contributed by atoms with Gasteiger partial charge in [0.1, 0.15) is 0 Å². The molecule has 0 amide bonds. The largest absolute Gasteiger partial charge is 0.490 e. The summed E-state index contributed by atoms with van der Waals surface area (Å²) in [6.45, 7) is 7.88. The molecular formula is C22H30N2O4S. The molecule has 0 radical (unpaired) electrons. The van der Waals surface area contributed by atoms with Gasteiger partial charge in [0.15, 0.2) is 11.5 Å². The fraction of sp³-hybridized carbons (Fsp3) is 0.455. The standard InChI is InChI=1S/C22H30N2O4S/c1-3-27-21-11-10-20(16-22(21)28-4-2)29(25,26)23-13-7-14-24-15-12-18-8-5-6-9-19(18)17-24/h5-6,8-11,16,23H,3-4,7,12-15,17H2,1-2H3. The van der Waals surface area contributed by atoms with E-state index in [1.165, 1.54) is 17.2 Å². The molecule has 0 aromatic heterocycles. The summed E-state index contributed by atoms with van der Waals surface area (Å²) in [5.41, 5.74) is 2.79. The molecule has 6 nitrogen and oxygen atoms in total. The molecule has 0 spiro atoms. The first kappa shape index (κ1) is 21.6. The Morgan fingerprint density at radius 1 is 1.00 bits per heavy atom. The summed E-state index contributed by atoms with van der Waals surface area (Å²) < 4.78 is 39.0. The van der Waals surface area contributed by atoms with Crippen molar-refractivity contribution in [2.45, 2.75) is 38.1 Å². The number of nitrogens with one attached hydrogen (secondary N) is 1. The highest BCUT2D eigenvalue weighted by Crippen LogP contribution is 2.30. The molecule has 2 aromatic carbocycles. The summed E-state index contributed by atoms with van der Waals surface area (Å²) in [6, 6.07) is 13.2. The zero-order chi connectivity index (χ0) is 20.7. The third-order valence-corrected chi connectivity index (χ3v) is 6.44. The lowest BCUT2D eigenvalue weighted by atomic mass is 10.00. The Morgan fingerprint density at radius 2 is 1.72 bits per heavy atom. The molecule has 0 saturated heterocycles. The van der Waals surface area contributed by atoms with E-state index in [1.807, 2.05) is 13.8 Å². The molecule has 0 saturated carbocycles. The van der Waals surface area contributed by atoms with Gasteiger partial charge in [-0.05, 0) is 56.5 Å². The van der Waals surface area contributed by atoms with Crippen LogP contribution < -0.4 is 14.2 Å². The average molecular weight is 419 g/mol. The monoisotopic (exact) mass is 418 g/mol. The molecule has 0 fully saturated rings. The van der Waals surface area contributed by atoms with Crippen LogP contribution in [0.3, 0.4) is 0 Å². The first-order chi connectivity index (χ1) is 14.0. The maximum Gasteiger partial charge on any atom is 0.240 e. The van der Waals surface area contributed by atoms with Gasteiger partial charge in [-0.25, -0.2) is 13.1 Å². The quantitative estimate of drug-likeness (QED) is 0.600. The Kier molecular flexibility index (Phi) is 7.52. The molecule has 29 heavy (non-hydrogen) atoms. The summed E-state index contributed by atoms with van der Waals surface area (Å²) in [5, 5.41) is 0. The molecule has 7 heteroatoms. The van der Waals surface area contributed by atoms with E-state index < -0.39 is 10.0 Å². The van der Waals surface area contributed by atoms with Crippen molar-refractivity contribution in [3.8, 4) is 11.5 Å². The summed E-state index contributed by atoms with van der Waals surface area (Å²) in [4.78, 5) is 2.57. The molecule has 1 aliphatic heterocycles. The van der Waals surface area contributed by atoms with Crippen molar-refractivity contribution in [2.75, 3.05) is 32.8 Å². The fourth-order valence-electron chi connectivity index (χ4n) is 3.54. The Hall–Kier alpha value is -2.09. The van der Waals surface area contributed by atoms with Gasteiger partial charge in [-0.2, -0.15) is 0 Å². The van der Waals surface area contributed by atoms with E-state index in [0.717, 1.165) is 32.5 Å². The molecule has 0 aliphatic carbocycles. The fourth-order valence-corrected chi connectivity index (χ4v) is 4.63. The normalized spacial score (nSPS) is 14.4. The van der Waals surface area contributed by atoms with Crippen LogP contribution in [0.5, 0.6) is 11.5 Å². The van der Waals surface area contributed by atoms with Crippen molar-refractivity contribution < 1.29 is 17.9 Å². The minimum absolute atomic E-state index is 0.191. The summed E-state index contributed by atoms with van der Waals surface area (Å²) in [6.07, 6.45) is 1.81. The van der Waals surface area contributed by atoms with Crippen LogP contribution in [0.2, 0.25) is 0 Å². The van der Waals surface area contributed by atoms with Crippen LogP contribution in [0.25, 0.3) is 0 Å². The third-order valence-electron chi connectivity index (χ3n) is 4.98. The van der Waals surface area contributed by atoms with Crippen LogP contribution in [0, 0.1) is 0 Å². The zero-order valence-corrected chi connectivity index (χ0v) is 18.0. The van der Waals surface area contributed by atoms with E-state index >= 15 is 0 Å². The molecule has 0 atom stereocenters. The van der Waals surface area contributed by atoms with Gasteiger partial charge in [0.05, 0.1) is 18.1 Å². The van der Waals surface area contributed by atoms with Crippen molar-refractivity contribution >= 4 is 10.0 Å². The van der Waals surface area contributed by atoms with Gasteiger partial charge in [-0.3, -0.25) is 4.90 Å². The Bertz CT molecular complexity index is 915. The number of fused-ring (bicyclic) bond motifs is 1. The lowest BCUT2D eigenvalue weighted by molar-refractivity contribution is 0.251. The molecule has 158 valence electrons. The second-order valence-corrected chi connectivity index (χ2v) is 8.79. The van der Waals surface area contributed by atoms with E-state index in [-0.39, 0.29) is 4.90 Å². The molecule has 3 rings (SSSR count). The van der Waals surface area contributed by atoms with E-state index in [0.29, 0.717) is 31.3 Å². The van der Waals surface area contributed by atoms with Gasteiger partial charge >= 0.3 is 0 Å². The second kappa shape index (κ2) is 10.1. The maximum atomic E-state index is 12.7. The number of rotatable bonds is 10. The van der Waals surface area contributed by atoms with Gasteiger partial charge in [-0.15, -0.1) is 0 Å². The molecular weight excluding hydrogens is 388 g/mol. The molecule has 1 heterocycles. The number of ether oxygens (including phenoxy) is 2. The Morgan fingerprint density at radius 3 is 2.48 bits per heavy atom. The molecule has 2 aromatic rings. The SMILES string of the molecule is CCOc1ccc(S(=O)(=O)NCCCN2CCc3ccccc3C2)cc1OCC. The van der Waals surface area contributed by atoms with Gasteiger partial charge in [0, 0.05) is 25.7 Å². The first-order valence-electron chi connectivity index (χ1n) is 10.2. The molecule has 1 aliphatic rings. The van der Waals surface area contributed by atoms with E-state index in [9.17, 15) is 8.42 Å². The molecule has 0 bridgehead atoms. The number of hydrogen-bond acceptors (Lipinski definition) is 5. The molecule has 0 unspecified atom stereocenters. The summed E-state index contributed by atoms with van der Waals surface area (Å²) in [7, 11) is -3.59. The number of nitrogens with zero attached hydrogens (tertiary/aromatic N) is 1. The van der Waals surface area contributed by atoms with Crippen LogP contribution in [0.4, 0.5) is 0 Å². The van der Waals surface area contributed by atoms with Crippen molar-refractivity contribution in [2.24, 2.45) is 0 Å². The van der Waals surface area contributed by atoms with Crippen LogP contribution in [0.15, 0.2) is 47.4 Å².